The van der Waals surface area contributed by atoms with Crippen molar-refractivity contribution in [1.82, 2.24) is 56.7 Å². The number of phenolic OH excluding ortho intramolecular Hbond substituents is 1. The Morgan fingerprint density at radius 1 is 0.416 bits per heavy atom. The predicted octanol–water partition coefficient (Wildman–Crippen LogP) is -6.90. The maximum absolute atomic E-state index is 14.9. The molecule has 0 aliphatic heterocycles. The van der Waals surface area contributed by atoms with Crippen LogP contribution in [0.15, 0.2) is 99.7 Å². The zero-order chi connectivity index (χ0) is 90.1. The molecule has 696 valence electrons. The molecule has 4 atom stereocenters. The second kappa shape index (κ2) is 65.0. The second-order valence-corrected chi connectivity index (χ2v) is 37.0. The Kier molecular flexibility index (Phi) is 67.0. The van der Waals surface area contributed by atoms with E-state index in [0.717, 1.165) is 30.3 Å². The number of nitrogens with one attached hydrogen (secondary N) is 11. The van der Waals surface area contributed by atoms with Gasteiger partial charge in [-0.3, -0.25) is 48.4 Å². The van der Waals surface area contributed by atoms with Crippen molar-refractivity contribution in [1.29, 1.82) is 0 Å². The molecule has 4 aromatic rings. The Hall–Kier alpha value is -4.63. The second-order valence-electron chi connectivity index (χ2n) is 27.6. The van der Waals surface area contributed by atoms with Gasteiger partial charge in [0.25, 0.3) is 0 Å². The smallest absolute Gasteiger partial charge is 0.748 e. The van der Waals surface area contributed by atoms with Crippen LogP contribution in [0.2, 0.25) is 0 Å². The molecule has 50 heteroatoms. The summed E-state index contributed by atoms with van der Waals surface area (Å²) in [4.78, 5) is 95.8. The quantitative estimate of drug-likeness (QED) is 0.00225. The standard InChI is InChI=1S/C46H61N9O22S6.C16H36N.C10H19N3O5S.3CH4.3Na/c1-25(2)41(57)47-14-7-17-50-44(60)32(22-78-76-74-63)53-81(68,69)36-20-35(56)28-10-11-30-38(83(72,73)55-34(24-80(65,66)67)46(62)52-19-9-16-49-43(59)27(5)6)21-37(31-13-12-29(36)39(28)40(30)31)82(70,71)54-33(23-79-77-75-64)45(61)51-18-8-15-48-42(58)26(3)4;1-5-9-13-17(14-10-6-2,15-11-7-3)16-12-8-4;1-7(2)9(14)12-4-3-5-13-10(15)8(11)6-19(16,17)18;;;;;;/h10-13,20-21,32-34,53-56,63-64H,1,3,5,7-9,14-19,22-24H2,2,4,6H3,(H,47,57)(H,48,58)(H,49,59)(H,50,60)(H,51,61)(H,52,62)(H,65,66,67);5-16H2,1-4H3;8H,1,3-6,11H2,2H3,(H,12,14)(H,13,15)(H,16,17,18);3*1H4;;;/q;+1;;;;;3*+1/p-4. The van der Waals surface area contributed by atoms with Crippen molar-refractivity contribution >= 4 is 154 Å². The van der Waals surface area contributed by atoms with Crippen molar-refractivity contribution in [3.8, 4) is 5.75 Å². The number of benzene rings is 4. The van der Waals surface area contributed by atoms with Crippen LogP contribution in [-0.2, 0) is 107 Å². The number of nitrogens with two attached hydrogens (primary N) is 1. The normalized spacial score (nSPS) is 12.3. The largest absolute Gasteiger partial charge is 1.00 e. The van der Waals surface area contributed by atoms with Crippen LogP contribution in [0.5, 0.6) is 5.75 Å². The van der Waals surface area contributed by atoms with Crippen LogP contribution in [0.1, 0.15) is 155 Å². The zero-order valence-corrected chi connectivity index (χ0v) is 82.6. The monoisotopic (exact) mass is 1930 g/mol. The van der Waals surface area contributed by atoms with Gasteiger partial charge >= 0.3 is 88.7 Å². The van der Waals surface area contributed by atoms with Gasteiger partial charge in [0.15, 0.2) is 0 Å². The van der Waals surface area contributed by atoms with Gasteiger partial charge in [0.05, 0.1) is 78.6 Å². The van der Waals surface area contributed by atoms with E-state index in [1.807, 2.05) is 4.72 Å². The zero-order valence-electron chi connectivity index (χ0n) is 70.8. The fourth-order valence-corrected chi connectivity index (χ4v) is 18.1. The first kappa shape index (κ1) is 129. The Balaban J connectivity index is -0.000000946. The molecule has 14 N–H and O–H groups in total. The number of phenols is 1. The number of amides is 8. The number of sulfonamides is 3. The summed E-state index contributed by atoms with van der Waals surface area (Å²) in [7, 11) is -25.9. The first-order valence-corrected chi connectivity index (χ1v) is 47.2. The topological polar surface area (TPSA) is 615 Å². The van der Waals surface area contributed by atoms with Gasteiger partial charge in [-0.25, -0.2) is 42.1 Å². The number of unbranched alkanes of at least 4 members (excludes halogenated alkanes) is 4. The van der Waals surface area contributed by atoms with Crippen LogP contribution in [0.4, 0.5) is 0 Å². The van der Waals surface area contributed by atoms with Gasteiger partial charge in [-0.1, -0.05) is 120 Å². The van der Waals surface area contributed by atoms with Crippen LogP contribution in [0.3, 0.4) is 0 Å². The molecule has 125 heavy (non-hydrogen) atoms. The molecule has 0 radical (unpaired) electrons. The molecule has 0 saturated heterocycles. The fraction of sp³-hybridized carbons (Fsp3) is 0.573. The molecule has 4 rings (SSSR count). The van der Waals surface area contributed by atoms with Crippen LogP contribution in [0, 0.1) is 0 Å². The van der Waals surface area contributed by atoms with E-state index in [-0.39, 0.29) is 239 Å². The summed E-state index contributed by atoms with van der Waals surface area (Å²) < 4.78 is 172. The van der Waals surface area contributed by atoms with Crippen LogP contribution >= 0.6 is 24.1 Å². The van der Waals surface area contributed by atoms with Gasteiger partial charge in [0.2, 0.25) is 77.3 Å². The van der Waals surface area contributed by atoms with Gasteiger partial charge < -0.3 is 77.5 Å². The molecule has 0 saturated carbocycles. The molecule has 0 fully saturated rings. The number of aromatic hydroxyl groups is 1. The summed E-state index contributed by atoms with van der Waals surface area (Å²) in [6, 6.07) is -2.04. The maximum Gasteiger partial charge on any atom is 1.00 e. The molecule has 0 spiro atoms. The third-order valence-electron chi connectivity index (χ3n) is 17.4. The minimum Gasteiger partial charge on any atom is -0.748 e. The molecule has 0 heterocycles. The van der Waals surface area contributed by atoms with E-state index in [1.54, 1.807) is 6.92 Å². The number of carbonyl (C=O) groups is 8. The first-order valence-electron chi connectivity index (χ1n) is 37.8. The van der Waals surface area contributed by atoms with E-state index in [9.17, 15) is 105 Å². The number of carbonyl (C=O) groups excluding carboxylic acids is 8. The summed E-state index contributed by atoms with van der Waals surface area (Å²) in [5, 5.41) is 56.9. The van der Waals surface area contributed by atoms with Crippen molar-refractivity contribution in [3.63, 3.8) is 0 Å². The van der Waals surface area contributed by atoms with Crippen molar-refractivity contribution in [3.05, 3.63) is 85.0 Å². The van der Waals surface area contributed by atoms with Crippen LogP contribution in [-0.4, -0.2) is 234 Å². The van der Waals surface area contributed by atoms with E-state index in [0.29, 0.717) is 24.6 Å². The van der Waals surface area contributed by atoms with Gasteiger partial charge in [0.1, 0.15) is 23.9 Å². The molecule has 40 nitrogen and oxygen atoms in total. The summed E-state index contributed by atoms with van der Waals surface area (Å²) in [6.07, 6.45) is 11.7. The van der Waals surface area contributed by atoms with E-state index in [2.05, 4.69) is 125 Å². The summed E-state index contributed by atoms with van der Waals surface area (Å²) in [5.74, 6) is -10.8. The number of nitrogens with zero attached hydrogens (tertiary/aromatic N) is 1. The van der Waals surface area contributed by atoms with Gasteiger partial charge in [0, 0.05) is 149 Å². The van der Waals surface area contributed by atoms with E-state index >= 15 is 0 Å². The van der Waals surface area contributed by atoms with Gasteiger partial charge in [-0.05, 0) is 91.2 Å². The van der Waals surface area contributed by atoms with Gasteiger partial charge in [-0.2, -0.15) is 22.8 Å². The molecule has 0 aliphatic carbocycles. The van der Waals surface area contributed by atoms with Crippen LogP contribution in [0.25, 0.3) is 32.3 Å². The summed E-state index contributed by atoms with van der Waals surface area (Å²) in [5.41, 5.74) is 6.16. The molecule has 4 aromatic carbocycles. The van der Waals surface area contributed by atoms with E-state index < -0.39 is 175 Å². The molecule has 8 amide bonds. The van der Waals surface area contributed by atoms with E-state index in [1.165, 1.54) is 103 Å². The van der Waals surface area contributed by atoms with Gasteiger partial charge in [-0.15, -0.1) is 0 Å². The Morgan fingerprint density at radius 3 is 0.952 bits per heavy atom. The molecule has 0 aromatic heterocycles. The fourth-order valence-electron chi connectivity index (χ4n) is 11.3. The number of quaternary nitrogens is 1. The molecule has 0 aliphatic rings. The third-order valence-corrected chi connectivity index (χ3v) is 24.7. The van der Waals surface area contributed by atoms with Crippen molar-refractivity contribution < 1.29 is 217 Å². The average molecular weight is 1930 g/mol. The number of hydrogen-bond donors (Lipinski definition) is 13. The van der Waals surface area contributed by atoms with Crippen molar-refractivity contribution in [2.75, 3.05) is 102 Å². The van der Waals surface area contributed by atoms with Crippen molar-refractivity contribution in [2.45, 2.75) is 194 Å². The van der Waals surface area contributed by atoms with Crippen molar-refractivity contribution in [2.24, 2.45) is 5.73 Å². The third kappa shape index (κ3) is 47.3. The minimum absolute atomic E-state index is 0. The molecule has 4 unspecified atom stereocenters. The first-order chi connectivity index (χ1) is 55.7. The summed E-state index contributed by atoms with van der Waals surface area (Å²) in [6.45, 7) is 34.8. The summed E-state index contributed by atoms with van der Waals surface area (Å²) >= 11 is 0.358. The number of hydrogen-bond acceptors (Lipinski definition) is 30. The van der Waals surface area contributed by atoms with Crippen LogP contribution < -0.4 is 162 Å². The Morgan fingerprint density at radius 2 is 0.672 bits per heavy atom. The predicted molar refractivity (Wildman–Crippen MR) is 462 cm³/mol. The Labute approximate surface area is 811 Å². The maximum atomic E-state index is 14.9. The SMILES string of the molecule is C.C.C.C=C(C)C(=O)NCCCNC(=O)C(CSOO[O-])NS(=O)(=O)c1cc(O)c2ccc3c(S(=O)(=O)NC(CS(=O)(=O)[O-])C(=O)NCCCNC(=O)C(=C)C)cc(S(=O)(=O)NC(CSOO[O-])C(=O)NCCCNC(=O)C(=C)C)c4ccc1c2c43.C=C(C)C(=O)NCCCNC(=O)C(N)CS(=O)(=O)[O-].CCCC[N+](CCCC)(CCCC)CCCC.[Na+].[Na+].[Na+]. The molecular formula is C75H124N13Na3O27S7. The minimum atomic E-state index is -5.51. The number of rotatable bonds is 57. The molecule has 0 bridgehead atoms. The molecular weight excluding hydrogens is 1810 g/mol. The average Bonchev–Trinajstić information content (AvgIpc) is 0.703. The van der Waals surface area contributed by atoms with E-state index in [4.69, 9.17) is 5.73 Å². The Bertz CT molecular complexity index is 4700.